The Balaban J connectivity index is 1.69. The summed E-state index contributed by atoms with van der Waals surface area (Å²) in [6, 6.07) is 11.2. The fourth-order valence-electron chi connectivity index (χ4n) is 2.41. The lowest BCUT2D eigenvalue weighted by molar-refractivity contribution is -0.137. The molecule has 0 fully saturated rings. The molecule has 1 aromatic heterocycles. The molecule has 0 saturated carbocycles. The van der Waals surface area contributed by atoms with Crippen LogP contribution in [0.4, 0.5) is 24.0 Å². The van der Waals surface area contributed by atoms with Crippen LogP contribution >= 0.6 is 11.3 Å². The highest BCUT2D eigenvalue weighted by molar-refractivity contribution is 7.14. The first-order valence-electron chi connectivity index (χ1n) is 8.26. The van der Waals surface area contributed by atoms with E-state index in [2.05, 4.69) is 22.2 Å². The molecule has 4 nitrogen and oxygen atoms in total. The number of aromatic nitrogens is 1. The van der Waals surface area contributed by atoms with E-state index < -0.39 is 17.6 Å². The zero-order chi connectivity index (χ0) is 20.1. The fraction of sp³-hybridized carbons (Fsp3) is 0.100. The van der Waals surface area contributed by atoms with Crippen LogP contribution < -0.4 is 10.6 Å². The molecule has 0 aliphatic carbocycles. The van der Waals surface area contributed by atoms with Crippen molar-refractivity contribution in [2.75, 3.05) is 17.2 Å². The van der Waals surface area contributed by atoms with Crippen LogP contribution in [0.25, 0.3) is 11.3 Å². The maximum atomic E-state index is 12.8. The van der Waals surface area contributed by atoms with Gasteiger partial charge in [-0.2, -0.15) is 13.2 Å². The first-order valence-corrected chi connectivity index (χ1v) is 9.14. The molecule has 0 bridgehead atoms. The molecule has 144 valence electrons. The van der Waals surface area contributed by atoms with E-state index in [0.29, 0.717) is 12.2 Å². The summed E-state index contributed by atoms with van der Waals surface area (Å²) in [5.41, 5.74) is 1.20. The minimum atomic E-state index is -4.50. The Morgan fingerprint density at radius 1 is 1.18 bits per heavy atom. The van der Waals surface area contributed by atoms with Gasteiger partial charge in [0.1, 0.15) is 0 Å². The van der Waals surface area contributed by atoms with Crippen LogP contribution in [0.15, 0.2) is 66.6 Å². The van der Waals surface area contributed by atoms with E-state index >= 15 is 0 Å². The van der Waals surface area contributed by atoms with Gasteiger partial charge in [0.25, 0.3) is 5.91 Å². The number of hydrogen-bond acceptors (Lipinski definition) is 4. The summed E-state index contributed by atoms with van der Waals surface area (Å²) < 4.78 is 38.4. The second kappa shape index (κ2) is 8.26. The first kappa shape index (κ1) is 19.6. The maximum absolute atomic E-state index is 12.8. The van der Waals surface area contributed by atoms with Gasteiger partial charge in [-0.3, -0.25) is 4.79 Å². The molecule has 1 amide bonds. The van der Waals surface area contributed by atoms with E-state index in [1.54, 1.807) is 30.3 Å². The van der Waals surface area contributed by atoms with Crippen molar-refractivity contribution < 1.29 is 18.0 Å². The molecule has 28 heavy (non-hydrogen) atoms. The van der Waals surface area contributed by atoms with E-state index in [1.165, 1.54) is 23.5 Å². The third kappa shape index (κ3) is 4.77. The number of hydrogen-bond donors (Lipinski definition) is 2. The molecule has 2 N–H and O–H groups in total. The lowest BCUT2D eigenvalue weighted by atomic mass is 10.1. The lowest BCUT2D eigenvalue weighted by Crippen LogP contribution is -2.13. The number of amides is 1. The van der Waals surface area contributed by atoms with Gasteiger partial charge in [-0.05, 0) is 30.3 Å². The topological polar surface area (TPSA) is 54.0 Å². The number of carbonyl (C=O) groups excluding carboxylic acids is 1. The van der Waals surface area contributed by atoms with E-state index in [-0.39, 0.29) is 5.56 Å². The molecule has 0 radical (unpaired) electrons. The standard InChI is InChI=1S/C20H16F3N3OS/c1-2-10-24-19-26-17(12-28-19)13-6-8-16(9-7-13)25-18(27)14-4-3-5-15(11-14)20(21,22)23/h2-9,11-12H,1,10H2,(H,24,26)(H,25,27). The van der Waals surface area contributed by atoms with Gasteiger partial charge in [-0.15, -0.1) is 17.9 Å². The average molecular weight is 403 g/mol. The second-order valence-electron chi connectivity index (χ2n) is 5.82. The Bertz CT molecular complexity index is 981. The van der Waals surface area contributed by atoms with E-state index in [4.69, 9.17) is 0 Å². The highest BCUT2D eigenvalue weighted by Crippen LogP contribution is 2.30. The summed E-state index contributed by atoms with van der Waals surface area (Å²) in [5, 5.41) is 8.39. The van der Waals surface area contributed by atoms with Crippen LogP contribution in [0.2, 0.25) is 0 Å². The highest BCUT2D eigenvalue weighted by atomic mass is 32.1. The number of benzene rings is 2. The number of carbonyl (C=O) groups is 1. The van der Waals surface area contributed by atoms with Gasteiger partial charge < -0.3 is 10.6 Å². The van der Waals surface area contributed by atoms with Crippen molar-refractivity contribution >= 4 is 28.1 Å². The van der Waals surface area contributed by atoms with Gasteiger partial charge in [-0.25, -0.2) is 4.98 Å². The predicted molar refractivity (Wildman–Crippen MR) is 106 cm³/mol. The third-order valence-electron chi connectivity index (χ3n) is 3.79. The molecular formula is C20H16F3N3OS. The smallest absolute Gasteiger partial charge is 0.358 e. The minimum Gasteiger partial charge on any atom is -0.358 e. The second-order valence-corrected chi connectivity index (χ2v) is 6.68. The number of alkyl halides is 3. The van der Waals surface area contributed by atoms with Gasteiger partial charge in [0.2, 0.25) is 0 Å². The van der Waals surface area contributed by atoms with Crippen molar-refractivity contribution in [2.45, 2.75) is 6.18 Å². The number of anilines is 2. The normalized spacial score (nSPS) is 11.1. The molecular weight excluding hydrogens is 387 g/mol. The molecule has 0 aliphatic heterocycles. The van der Waals surface area contributed by atoms with E-state index in [0.717, 1.165) is 28.5 Å². The Hall–Kier alpha value is -3.13. The molecule has 0 aliphatic rings. The summed E-state index contributed by atoms with van der Waals surface area (Å²) in [7, 11) is 0. The largest absolute Gasteiger partial charge is 0.416 e. The molecule has 1 heterocycles. The van der Waals surface area contributed by atoms with Crippen molar-refractivity contribution in [2.24, 2.45) is 0 Å². The molecule has 0 saturated heterocycles. The van der Waals surface area contributed by atoms with Gasteiger partial charge in [0.15, 0.2) is 5.13 Å². The van der Waals surface area contributed by atoms with Crippen molar-refractivity contribution in [3.8, 4) is 11.3 Å². The van der Waals surface area contributed by atoms with Crippen LogP contribution in [0.1, 0.15) is 15.9 Å². The summed E-state index contributed by atoms with van der Waals surface area (Å²) in [6.45, 7) is 4.26. The molecule has 0 atom stereocenters. The van der Waals surface area contributed by atoms with Gasteiger partial charge in [0, 0.05) is 28.7 Å². The zero-order valence-corrected chi connectivity index (χ0v) is 15.4. The molecule has 2 aromatic carbocycles. The van der Waals surface area contributed by atoms with E-state index in [9.17, 15) is 18.0 Å². The quantitative estimate of drug-likeness (QED) is 0.521. The van der Waals surface area contributed by atoms with Crippen LogP contribution in [0.5, 0.6) is 0 Å². The van der Waals surface area contributed by atoms with Crippen molar-refractivity contribution in [3.05, 3.63) is 77.7 Å². The van der Waals surface area contributed by atoms with Gasteiger partial charge in [-0.1, -0.05) is 24.3 Å². The highest BCUT2D eigenvalue weighted by Gasteiger charge is 2.30. The van der Waals surface area contributed by atoms with Crippen LogP contribution in [0, 0.1) is 0 Å². The third-order valence-corrected chi connectivity index (χ3v) is 4.59. The Morgan fingerprint density at radius 2 is 1.93 bits per heavy atom. The van der Waals surface area contributed by atoms with Crippen LogP contribution in [0.3, 0.4) is 0 Å². The summed E-state index contributed by atoms with van der Waals surface area (Å²) in [5.74, 6) is -0.608. The number of halogens is 3. The van der Waals surface area contributed by atoms with Gasteiger partial charge >= 0.3 is 6.18 Å². The lowest BCUT2D eigenvalue weighted by Gasteiger charge is -2.09. The molecule has 0 unspecified atom stereocenters. The monoisotopic (exact) mass is 403 g/mol. The maximum Gasteiger partial charge on any atom is 0.416 e. The minimum absolute atomic E-state index is 0.0589. The summed E-state index contributed by atoms with van der Waals surface area (Å²) in [4.78, 5) is 16.7. The average Bonchev–Trinajstić information content (AvgIpc) is 3.15. The molecule has 3 rings (SSSR count). The Labute approximate surface area is 163 Å². The number of rotatable bonds is 6. The van der Waals surface area contributed by atoms with Crippen molar-refractivity contribution in [1.82, 2.24) is 4.98 Å². The fourth-order valence-corrected chi connectivity index (χ4v) is 3.14. The van der Waals surface area contributed by atoms with Crippen LogP contribution in [-0.2, 0) is 6.18 Å². The molecule has 3 aromatic rings. The number of nitrogens with zero attached hydrogens (tertiary/aromatic N) is 1. The summed E-state index contributed by atoms with van der Waals surface area (Å²) in [6.07, 6.45) is -2.76. The SMILES string of the molecule is C=CCNc1nc(-c2ccc(NC(=O)c3cccc(C(F)(F)F)c3)cc2)cs1. The first-order chi connectivity index (χ1) is 13.4. The molecule has 8 heteroatoms. The number of nitrogens with one attached hydrogen (secondary N) is 2. The van der Waals surface area contributed by atoms with Gasteiger partial charge in [0.05, 0.1) is 11.3 Å². The Kier molecular flexibility index (Phi) is 5.79. The Morgan fingerprint density at radius 3 is 2.61 bits per heavy atom. The summed E-state index contributed by atoms with van der Waals surface area (Å²) >= 11 is 1.47. The van der Waals surface area contributed by atoms with Crippen molar-refractivity contribution in [3.63, 3.8) is 0 Å². The zero-order valence-electron chi connectivity index (χ0n) is 14.6. The molecule has 0 spiro atoms. The van der Waals surface area contributed by atoms with E-state index in [1.807, 2.05) is 5.38 Å². The predicted octanol–water partition coefficient (Wildman–Crippen LogP) is 5.68. The number of thiazole rings is 1. The van der Waals surface area contributed by atoms with Crippen molar-refractivity contribution in [1.29, 1.82) is 0 Å². The van der Waals surface area contributed by atoms with Crippen LogP contribution in [-0.4, -0.2) is 17.4 Å².